The molecule has 0 aliphatic rings. The fourth-order valence-electron chi connectivity index (χ4n) is 1.94. The number of benzene rings is 2. The number of nitrogens with one attached hydrogen (secondary N) is 1. The zero-order valence-corrected chi connectivity index (χ0v) is 11.2. The second-order valence-electron chi connectivity index (χ2n) is 4.35. The average Bonchev–Trinajstić information content (AvgIpc) is 2.49. The summed E-state index contributed by atoms with van der Waals surface area (Å²) in [6.07, 6.45) is 0. The third-order valence-electron chi connectivity index (χ3n) is 2.96. The Kier molecular flexibility index (Phi) is 4.70. The van der Waals surface area contributed by atoms with Gasteiger partial charge in [0.1, 0.15) is 0 Å². The molecule has 0 aliphatic heterocycles. The van der Waals surface area contributed by atoms with Gasteiger partial charge in [0.25, 0.3) is 0 Å². The maximum Gasteiger partial charge on any atom is 0.169 e. The molecule has 102 valence electrons. The van der Waals surface area contributed by atoms with Crippen LogP contribution in [-0.2, 0) is 13.1 Å². The molecular weight excluding hydrogens is 255 g/mol. The molecule has 0 radical (unpaired) electrons. The first-order valence-electron chi connectivity index (χ1n) is 6.25. The van der Waals surface area contributed by atoms with Crippen molar-refractivity contribution in [3.05, 3.63) is 65.0 Å². The zero-order chi connectivity index (χ0) is 14.4. The Morgan fingerprint density at radius 2 is 2.00 bits per heavy atom. The summed E-state index contributed by atoms with van der Waals surface area (Å²) >= 11 is 0. The predicted molar refractivity (Wildman–Crippen MR) is 74.7 cm³/mol. The molecule has 0 saturated heterocycles. The molecule has 1 N–H and O–H groups in total. The van der Waals surface area contributed by atoms with Crippen LogP contribution in [0.2, 0.25) is 0 Å². The molecule has 0 unspecified atom stereocenters. The van der Waals surface area contributed by atoms with Crippen LogP contribution in [0.1, 0.15) is 16.7 Å². The molecule has 2 aromatic carbocycles. The molecule has 0 fully saturated rings. The minimum Gasteiger partial charge on any atom is -0.494 e. The second kappa shape index (κ2) is 6.69. The van der Waals surface area contributed by atoms with Gasteiger partial charge in [-0.3, -0.25) is 0 Å². The SMILES string of the molecule is COc1cccc(CNCc2cccc(C#N)c2)c1F. The lowest BCUT2D eigenvalue weighted by atomic mass is 10.1. The Labute approximate surface area is 117 Å². The highest BCUT2D eigenvalue weighted by Gasteiger charge is 2.07. The Morgan fingerprint density at radius 1 is 1.20 bits per heavy atom. The molecule has 2 rings (SSSR count). The molecule has 0 amide bonds. The van der Waals surface area contributed by atoms with Gasteiger partial charge in [0.05, 0.1) is 18.7 Å². The van der Waals surface area contributed by atoms with Crippen LogP contribution in [0.3, 0.4) is 0 Å². The van der Waals surface area contributed by atoms with Crippen molar-refractivity contribution in [3.63, 3.8) is 0 Å². The monoisotopic (exact) mass is 270 g/mol. The summed E-state index contributed by atoms with van der Waals surface area (Å²) in [5, 5.41) is 12.0. The van der Waals surface area contributed by atoms with Gasteiger partial charge in [-0.15, -0.1) is 0 Å². The summed E-state index contributed by atoms with van der Waals surface area (Å²) in [6.45, 7) is 0.978. The first-order chi connectivity index (χ1) is 9.74. The van der Waals surface area contributed by atoms with E-state index in [9.17, 15) is 4.39 Å². The van der Waals surface area contributed by atoms with Crippen LogP contribution in [0, 0.1) is 17.1 Å². The van der Waals surface area contributed by atoms with E-state index in [4.69, 9.17) is 10.00 Å². The first kappa shape index (κ1) is 14.0. The van der Waals surface area contributed by atoms with Crippen molar-refractivity contribution in [1.29, 1.82) is 5.26 Å². The van der Waals surface area contributed by atoms with E-state index in [0.717, 1.165) is 5.56 Å². The van der Waals surface area contributed by atoms with Crippen molar-refractivity contribution in [2.45, 2.75) is 13.1 Å². The van der Waals surface area contributed by atoms with E-state index in [2.05, 4.69) is 11.4 Å². The third-order valence-corrected chi connectivity index (χ3v) is 2.96. The van der Waals surface area contributed by atoms with Crippen molar-refractivity contribution < 1.29 is 9.13 Å². The summed E-state index contributed by atoms with van der Waals surface area (Å²) in [5.74, 6) is -0.0935. The quantitative estimate of drug-likeness (QED) is 0.908. The zero-order valence-electron chi connectivity index (χ0n) is 11.2. The molecule has 0 aliphatic carbocycles. The number of methoxy groups -OCH3 is 1. The number of nitrogens with zero attached hydrogens (tertiary/aromatic N) is 1. The number of halogens is 1. The number of rotatable bonds is 5. The topological polar surface area (TPSA) is 45.0 Å². The van der Waals surface area contributed by atoms with Gasteiger partial charge in [-0.25, -0.2) is 4.39 Å². The molecule has 0 atom stereocenters. The van der Waals surface area contributed by atoms with Crippen LogP contribution >= 0.6 is 0 Å². The van der Waals surface area contributed by atoms with E-state index in [0.29, 0.717) is 24.2 Å². The van der Waals surface area contributed by atoms with Crippen molar-refractivity contribution in [1.82, 2.24) is 5.32 Å². The molecule has 3 nitrogen and oxygen atoms in total. The fourth-order valence-corrected chi connectivity index (χ4v) is 1.94. The van der Waals surface area contributed by atoms with Gasteiger partial charge < -0.3 is 10.1 Å². The van der Waals surface area contributed by atoms with Gasteiger partial charge >= 0.3 is 0 Å². The Morgan fingerprint density at radius 3 is 2.75 bits per heavy atom. The van der Waals surface area contributed by atoms with Crippen molar-refractivity contribution >= 4 is 0 Å². The maximum atomic E-state index is 13.9. The maximum absolute atomic E-state index is 13.9. The fraction of sp³-hybridized carbons (Fsp3) is 0.188. The lowest BCUT2D eigenvalue weighted by Gasteiger charge is -2.09. The Hall–Kier alpha value is -2.38. The molecule has 4 heteroatoms. The lowest BCUT2D eigenvalue weighted by Crippen LogP contribution is -2.14. The lowest BCUT2D eigenvalue weighted by molar-refractivity contribution is 0.383. The standard InChI is InChI=1S/C16H15FN2O/c1-20-15-7-3-6-14(16(15)17)11-19-10-13-5-2-4-12(8-13)9-18/h2-8,19H,10-11H2,1H3. The first-order valence-corrected chi connectivity index (χ1v) is 6.25. The minimum absolute atomic E-state index is 0.246. The highest BCUT2D eigenvalue weighted by atomic mass is 19.1. The number of hydrogen-bond acceptors (Lipinski definition) is 3. The van der Waals surface area contributed by atoms with Gasteiger partial charge in [-0.05, 0) is 23.8 Å². The van der Waals surface area contributed by atoms with Crippen molar-refractivity contribution in [2.75, 3.05) is 7.11 Å². The number of ether oxygens (including phenoxy) is 1. The summed E-state index contributed by atoms with van der Waals surface area (Å²) < 4.78 is 18.9. The van der Waals surface area contributed by atoms with E-state index in [-0.39, 0.29) is 11.6 Å². The summed E-state index contributed by atoms with van der Waals surface area (Å²) in [5.41, 5.74) is 2.17. The van der Waals surface area contributed by atoms with Gasteiger partial charge in [0.15, 0.2) is 11.6 Å². The van der Waals surface area contributed by atoms with Crippen LogP contribution in [0.25, 0.3) is 0 Å². The normalized spacial score (nSPS) is 10.1. The average molecular weight is 270 g/mol. The highest BCUT2D eigenvalue weighted by molar-refractivity contribution is 5.33. The van der Waals surface area contributed by atoms with E-state index in [1.807, 2.05) is 18.2 Å². The predicted octanol–water partition coefficient (Wildman–Crippen LogP) is 3.00. The molecule has 0 spiro atoms. The second-order valence-corrected chi connectivity index (χ2v) is 4.35. The molecule has 0 heterocycles. The van der Waals surface area contributed by atoms with Crippen LogP contribution < -0.4 is 10.1 Å². The van der Waals surface area contributed by atoms with Gasteiger partial charge in [-0.2, -0.15) is 5.26 Å². The van der Waals surface area contributed by atoms with E-state index < -0.39 is 0 Å². The van der Waals surface area contributed by atoms with E-state index in [1.165, 1.54) is 7.11 Å². The van der Waals surface area contributed by atoms with Gasteiger partial charge in [0.2, 0.25) is 0 Å². The summed E-state index contributed by atoms with van der Waals surface area (Å²) in [6, 6.07) is 14.5. The molecule has 0 aromatic heterocycles. The minimum atomic E-state index is -0.340. The summed E-state index contributed by atoms with van der Waals surface area (Å²) in [7, 11) is 1.45. The molecule has 2 aromatic rings. The van der Waals surface area contributed by atoms with Gasteiger partial charge in [-0.1, -0.05) is 24.3 Å². The number of hydrogen-bond donors (Lipinski definition) is 1. The molecule has 20 heavy (non-hydrogen) atoms. The number of nitriles is 1. The largest absolute Gasteiger partial charge is 0.494 e. The summed E-state index contributed by atoms with van der Waals surface area (Å²) in [4.78, 5) is 0. The van der Waals surface area contributed by atoms with Crippen LogP contribution in [0.4, 0.5) is 4.39 Å². The Bertz CT molecular complexity index is 635. The van der Waals surface area contributed by atoms with Crippen LogP contribution in [0.5, 0.6) is 5.75 Å². The van der Waals surface area contributed by atoms with Crippen molar-refractivity contribution in [2.24, 2.45) is 0 Å². The smallest absolute Gasteiger partial charge is 0.169 e. The third kappa shape index (κ3) is 3.34. The molecule has 0 bridgehead atoms. The van der Waals surface area contributed by atoms with E-state index in [1.54, 1.807) is 24.3 Å². The van der Waals surface area contributed by atoms with E-state index >= 15 is 0 Å². The highest BCUT2D eigenvalue weighted by Crippen LogP contribution is 2.19. The van der Waals surface area contributed by atoms with Crippen LogP contribution in [-0.4, -0.2) is 7.11 Å². The van der Waals surface area contributed by atoms with Crippen molar-refractivity contribution in [3.8, 4) is 11.8 Å². The van der Waals surface area contributed by atoms with Gasteiger partial charge in [0, 0.05) is 18.7 Å². The Balaban J connectivity index is 1.98. The molecule has 0 saturated carbocycles. The van der Waals surface area contributed by atoms with Crippen LogP contribution in [0.15, 0.2) is 42.5 Å². The molecular formula is C16H15FN2O.